The molecule has 3 aliphatic rings. The van der Waals surface area contributed by atoms with Gasteiger partial charge in [0.05, 0.1) is 0 Å². The van der Waals surface area contributed by atoms with Crippen LogP contribution in [-0.4, -0.2) is 0 Å². The molecule has 0 nitrogen and oxygen atoms in total. The zero-order valence-corrected chi connectivity index (χ0v) is 22.9. The topological polar surface area (TPSA) is 0 Å². The van der Waals surface area contributed by atoms with Crippen LogP contribution in [0.15, 0.2) is 36.4 Å². The number of hydrogen-bond donors (Lipinski definition) is 0. The average Bonchev–Trinajstić information content (AvgIpc) is 2.92. The van der Waals surface area contributed by atoms with E-state index in [-0.39, 0.29) is 0 Å². The van der Waals surface area contributed by atoms with Crippen LogP contribution in [0.2, 0.25) is 0 Å². The van der Waals surface area contributed by atoms with Crippen LogP contribution in [0.5, 0.6) is 0 Å². The summed E-state index contributed by atoms with van der Waals surface area (Å²) in [6.45, 7) is 4.67. The molecule has 0 unspecified atom stereocenters. The van der Waals surface area contributed by atoms with Gasteiger partial charge >= 0.3 is 0 Å². The summed E-state index contributed by atoms with van der Waals surface area (Å²) in [6.07, 6.45) is 29.0. The first kappa shape index (κ1) is 26.6. The molecule has 0 N–H and O–H groups in total. The van der Waals surface area contributed by atoms with E-state index in [9.17, 15) is 0 Å². The SMILES string of the molecule is CCCCC[C@H]1CC[C@H](C2CCC(/C=C/C#Cc3ccc([C@H]4CC[C@H](CC)CC4)cc3)CC2)CC1. The molecule has 0 heterocycles. The van der Waals surface area contributed by atoms with Gasteiger partial charge in [-0.05, 0) is 123 Å². The Morgan fingerprint density at radius 2 is 1.34 bits per heavy atom. The fourth-order valence-electron chi connectivity index (χ4n) is 7.49. The second-order valence-corrected chi connectivity index (χ2v) is 12.3. The molecule has 0 spiro atoms. The van der Waals surface area contributed by atoms with Crippen molar-refractivity contribution in [3.63, 3.8) is 0 Å². The van der Waals surface area contributed by atoms with Crippen molar-refractivity contribution in [1.29, 1.82) is 0 Å². The molecular formula is C35H52. The standard InChI is InChI=1S/C35H52/c1-3-5-6-9-29-14-22-34(23-15-29)35-26-18-31(19-27-35)11-8-7-10-30-16-24-33(25-17-30)32-20-12-28(4-2)13-21-32/h8,11,16-17,24-25,28-29,31-32,34-35H,3-6,9,12-15,18-23,26-27H2,1-2H3/b11-8+/t28-,29-,31?,32-,34-,35?. The van der Waals surface area contributed by atoms with Crippen LogP contribution < -0.4 is 0 Å². The third-order valence-corrected chi connectivity index (χ3v) is 10.1. The van der Waals surface area contributed by atoms with Crippen molar-refractivity contribution in [2.24, 2.45) is 29.6 Å². The highest BCUT2D eigenvalue weighted by atomic mass is 14.4. The highest BCUT2D eigenvalue weighted by Crippen LogP contribution is 2.42. The Hall–Kier alpha value is -1.48. The lowest BCUT2D eigenvalue weighted by Crippen LogP contribution is -2.25. The van der Waals surface area contributed by atoms with Crippen molar-refractivity contribution in [3.05, 3.63) is 47.5 Å². The molecule has 0 aromatic heterocycles. The first-order valence-corrected chi connectivity index (χ1v) is 15.5. The maximum Gasteiger partial charge on any atom is 0.0249 e. The average molecular weight is 473 g/mol. The van der Waals surface area contributed by atoms with E-state index < -0.39 is 0 Å². The first-order chi connectivity index (χ1) is 17.2. The van der Waals surface area contributed by atoms with Gasteiger partial charge in [-0.1, -0.05) is 88.8 Å². The molecule has 1 aromatic carbocycles. The van der Waals surface area contributed by atoms with E-state index in [1.54, 1.807) is 0 Å². The van der Waals surface area contributed by atoms with E-state index in [2.05, 4.69) is 62.1 Å². The predicted octanol–water partition coefficient (Wildman–Crippen LogP) is 10.5. The smallest absolute Gasteiger partial charge is 0.0249 e. The van der Waals surface area contributed by atoms with Gasteiger partial charge in [-0.15, -0.1) is 0 Å². The highest BCUT2D eigenvalue weighted by molar-refractivity contribution is 5.39. The quantitative estimate of drug-likeness (QED) is 0.261. The minimum absolute atomic E-state index is 0.756. The number of benzene rings is 1. The van der Waals surface area contributed by atoms with Crippen LogP contribution in [0.25, 0.3) is 0 Å². The molecule has 0 heteroatoms. The van der Waals surface area contributed by atoms with Crippen LogP contribution in [0, 0.1) is 41.4 Å². The second kappa shape index (κ2) is 14.3. The summed E-state index contributed by atoms with van der Waals surface area (Å²) in [6, 6.07) is 9.16. The Kier molecular flexibility index (Phi) is 10.9. The van der Waals surface area contributed by atoms with Gasteiger partial charge in [-0.25, -0.2) is 0 Å². The van der Waals surface area contributed by atoms with E-state index >= 15 is 0 Å². The van der Waals surface area contributed by atoms with Crippen molar-refractivity contribution in [2.75, 3.05) is 0 Å². The Labute approximate surface area is 217 Å². The summed E-state index contributed by atoms with van der Waals surface area (Å²) < 4.78 is 0. The summed E-state index contributed by atoms with van der Waals surface area (Å²) in [5.41, 5.74) is 2.69. The third kappa shape index (κ3) is 8.27. The van der Waals surface area contributed by atoms with Crippen molar-refractivity contribution < 1.29 is 0 Å². The van der Waals surface area contributed by atoms with Crippen LogP contribution in [0.4, 0.5) is 0 Å². The Bertz CT molecular complexity index is 794. The molecule has 4 rings (SSSR count). The zero-order chi connectivity index (χ0) is 24.3. The number of hydrogen-bond acceptors (Lipinski definition) is 0. The van der Waals surface area contributed by atoms with E-state index in [4.69, 9.17) is 0 Å². The molecule has 35 heavy (non-hydrogen) atoms. The van der Waals surface area contributed by atoms with Gasteiger partial charge in [0.2, 0.25) is 0 Å². The molecule has 1 aromatic rings. The van der Waals surface area contributed by atoms with Gasteiger partial charge < -0.3 is 0 Å². The van der Waals surface area contributed by atoms with Gasteiger partial charge in [0.1, 0.15) is 0 Å². The minimum Gasteiger partial charge on any atom is -0.0730 e. The molecule has 0 bridgehead atoms. The number of unbranched alkanes of at least 4 members (excludes halogenated alkanes) is 2. The van der Waals surface area contributed by atoms with E-state index in [1.165, 1.54) is 115 Å². The number of rotatable bonds is 8. The predicted molar refractivity (Wildman–Crippen MR) is 152 cm³/mol. The van der Waals surface area contributed by atoms with E-state index in [0.717, 1.165) is 41.1 Å². The molecule has 3 fully saturated rings. The van der Waals surface area contributed by atoms with Gasteiger partial charge in [0.25, 0.3) is 0 Å². The molecule has 3 aliphatic carbocycles. The largest absolute Gasteiger partial charge is 0.0730 e. The van der Waals surface area contributed by atoms with Crippen molar-refractivity contribution in [1.82, 2.24) is 0 Å². The second-order valence-electron chi connectivity index (χ2n) is 12.3. The third-order valence-electron chi connectivity index (χ3n) is 10.1. The van der Waals surface area contributed by atoms with Gasteiger partial charge in [-0.2, -0.15) is 0 Å². The summed E-state index contributed by atoms with van der Waals surface area (Å²) in [5.74, 6) is 12.3. The summed E-state index contributed by atoms with van der Waals surface area (Å²) in [7, 11) is 0. The summed E-state index contributed by atoms with van der Waals surface area (Å²) >= 11 is 0. The fourth-order valence-corrected chi connectivity index (χ4v) is 7.49. The summed E-state index contributed by atoms with van der Waals surface area (Å²) in [5, 5.41) is 0. The Balaban J connectivity index is 1.15. The van der Waals surface area contributed by atoms with Gasteiger partial charge in [0.15, 0.2) is 0 Å². The molecule has 0 radical (unpaired) electrons. The minimum atomic E-state index is 0.756. The fraction of sp³-hybridized carbons (Fsp3) is 0.714. The maximum absolute atomic E-state index is 3.38. The van der Waals surface area contributed by atoms with E-state index in [1.807, 2.05) is 0 Å². The Morgan fingerprint density at radius 1 is 0.714 bits per heavy atom. The monoisotopic (exact) mass is 472 g/mol. The van der Waals surface area contributed by atoms with Crippen LogP contribution in [-0.2, 0) is 0 Å². The van der Waals surface area contributed by atoms with Crippen LogP contribution in [0.1, 0.15) is 140 Å². The molecule has 0 aliphatic heterocycles. The van der Waals surface area contributed by atoms with Crippen LogP contribution >= 0.6 is 0 Å². The molecule has 3 saturated carbocycles. The number of allylic oxidation sites excluding steroid dienone is 2. The molecule has 192 valence electrons. The molecule has 0 amide bonds. The molecule has 0 atom stereocenters. The molecular weight excluding hydrogens is 420 g/mol. The summed E-state index contributed by atoms with van der Waals surface area (Å²) in [4.78, 5) is 0. The first-order valence-electron chi connectivity index (χ1n) is 15.5. The van der Waals surface area contributed by atoms with Gasteiger partial charge in [-0.3, -0.25) is 0 Å². The van der Waals surface area contributed by atoms with Crippen molar-refractivity contribution >= 4 is 0 Å². The van der Waals surface area contributed by atoms with E-state index in [0.29, 0.717) is 0 Å². The Morgan fingerprint density at radius 3 is 1.97 bits per heavy atom. The molecule has 0 saturated heterocycles. The lowest BCUT2D eigenvalue weighted by atomic mass is 9.68. The lowest BCUT2D eigenvalue weighted by Gasteiger charge is -2.37. The van der Waals surface area contributed by atoms with Gasteiger partial charge in [0, 0.05) is 5.56 Å². The van der Waals surface area contributed by atoms with Crippen LogP contribution in [0.3, 0.4) is 0 Å². The highest BCUT2D eigenvalue weighted by Gasteiger charge is 2.30. The van der Waals surface area contributed by atoms with Crippen molar-refractivity contribution in [3.8, 4) is 11.8 Å². The lowest BCUT2D eigenvalue weighted by molar-refractivity contribution is 0.151. The van der Waals surface area contributed by atoms with Crippen molar-refractivity contribution in [2.45, 2.75) is 129 Å². The normalized spacial score (nSPS) is 31.7. The maximum atomic E-state index is 3.38. The zero-order valence-electron chi connectivity index (χ0n) is 22.9.